The van der Waals surface area contributed by atoms with Gasteiger partial charge >= 0.3 is 12.2 Å². The number of carbonyl (C=O) groups excluding carboxylic acids is 4. The van der Waals surface area contributed by atoms with Crippen LogP contribution in [0.4, 0.5) is 18.4 Å². The number of imidazole rings is 2. The molecule has 18 heteroatoms. The van der Waals surface area contributed by atoms with Gasteiger partial charge in [0.2, 0.25) is 11.8 Å². The fraction of sp³-hybridized carbons (Fsp3) is 0.480. The molecule has 358 valence electrons. The smallest absolute Gasteiger partial charge is 0.407 e. The highest BCUT2D eigenvalue weighted by Crippen LogP contribution is 2.54. The largest absolute Gasteiger partial charge is 0.453 e. The fourth-order valence-corrected chi connectivity index (χ4v) is 14.5. The molecule has 2 aromatic heterocycles. The molecule has 0 unspecified atom stereocenters. The number of aromatic nitrogens is 4. The molecule has 5 aromatic rings. The van der Waals surface area contributed by atoms with Crippen LogP contribution >= 0.6 is 0 Å². The number of alkyl halides is 2. The van der Waals surface area contributed by atoms with E-state index in [1.54, 1.807) is 24.4 Å². The maximum atomic E-state index is 16.8. The molecule has 0 spiro atoms. The molecule has 2 bridgehead atoms. The van der Waals surface area contributed by atoms with E-state index in [4.69, 9.17) is 24.2 Å². The Hall–Kier alpha value is -6.14. The van der Waals surface area contributed by atoms with Crippen LogP contribution < -0.4 is 10.6 Å². The Morgan fingerprint density at radius 2 is 1.50 bits per heavy atom. The molecular weight excluding hydrogens is 891 g/mol. The molecule has 15 nitrogen and oxygen atoms in total. The number of nitrogens with zero attached hydrogens (tertiary/aromatic N) is 4. The van der Waals surface area contributed by atoms with Crippen LogP contribution in [0.1, 0.15) is 80.8 Å². The van der Waals surface area contributed by atoms with Crippen molar-refractivity contribution >= 4 is 43.1 Å². The molecule has 4 fully saturated rings. The summed E-state index contributed by atoms with van der Waals surface area (Å²) in [6, 6.07) is 14.5. The van der Waals surface area contributed by atoms with Crippen molar-refractivity contribution in [3.05, 3.63) is 83.6 Å². The summed E-state index contributed by atoms with van der Waals surface area (Å²) in [5.74, 6) is -2.46. The lowest BCUT2D eigenvalue weighted by atomic mass is 9.90. The molecule has 4 amide bonds. The lowest BCUT2D eigenvalue weighted by molar-refractivity contribution is -0.139. The van der Waals surface area contributed by atoms with Crippen LogP contribution in [0.25, 0.3) is 44.5 Å². The molecule has 4 N–H and O–H groups in total. The van der Waals surface area contributed by atoms with Gasteiger partial charge in [0, 0.05) is 42.1 Å². The van der Waals surface area contributed by atoms with E-state index in [9.17, 15) is 19.2 Å². The highest BCUT2D eigenvalue weighted by Gasteiger charge is 2.52. The molecule has 3 aromatic carbocycles. The van der Waals surface area contributed by atoms with Gasteiger partial charge in [0.25, 0.3) is 5.92 Å². The zero-order chi connectivity index (χ0) is 47.8. The molecule has 2 aliphatic carbocycles. The quantitative estimate of drug-likeness (QED) is 0.0998. The summed E-state index contributed by atoms with van der Waals surface area (Å²) in [5, 5.41) is 5.55. The molecule has 3 saturated heterocycles. The lowest BCUT2D eigenvalue weighted by Crippen LogP contribution is -2.54. The molecule has 5 heterocycles. The Morgan fingerprint density at radius 3 is 2.21 bits per heavy atom. The van der Waals surface area contributed by atoms with Crippen molar-refractivity contribution in [1.82, 2.24) is 40.4 Å². The first-order valence-electron chi connectivity index (χ1n) is 23.7. The van der Waals surface area contributed by atoms with Gasteiger partial charge in [-0.25, -0.2) is 19.6 Å². The normalized spacial score (nSPS) is 23.4. The molecule has 6 atom stereocenters. The summed E-state index contributed by atoms with van der Waals surface area (Å²) in [6.07, 6.45) is 4.87. The number of alkyl carbamates (subject to hydrolysis) is 2. The van der Waals surface area contributed by atoms with Crippen LogP contribution in [0.5, 0.6) is 0 Å². The topological polar surface area (TPSA) is 184 Å². The molecule has 1 saturated carbocycles. The second-order valence-electron chi connectivity index (χ2n) is 20.3. The number of carbonyl (C=O) groups is 4. The van der Waals surface area contributed by atoms with Gasteiger partial charge in [0.15, 0.2) is 0 Å². The van der Waals surface area contributed by atoms with Crippen LogP contribution in [0.15, 0.2) is 60.8 Å². The van der Waals surface area contributed by atoms with Gasteiger partial charge in [-0.3, -0.25) is 9.59 Å². The SMILES string of the molecule is COC(=O)N[C@H](C(=O)N1[C@@H]2CC[C@@H](C2)[C@H]1c1nc2ccc(-c3ccc4c(c3)C(F)(F)c3cc(-c5cnc([C@@H]6C[Si](C)(C)CN6C(=O)[C@@H](NC(=O)OC)C6CCOCC6)[nH]5)ccc3-4)cc2[nH]1)C(C)C. The number of H-pyrrole nitrogens is 2. The maximum Gasteiger partial charge on any atom is 0.407 e. The third kappa shape index (κ3) is 8.01. The van der Waals surface area contributed by atoms with Crippen molar-refractivity contribution in [2.45, 2.75) is 101 Å². The van der Waals surface area contributed by atoms with E-state index >= 15 is 8.78 Å². The summed E-state index contributed by atoms with van der Waals surface area (Å²) >= 11 is 0. The van der Waals surface area contributed by atoms with Crippen LogP contribution in [-0.4, -0.2) is 114 Å². The first kappa shape index (κ1) is 45.6. The average molecular weight is 949 g/mol. The number of hydrogen-bond acceptors (Lipinski definition) is 9. The number of rotatable bonds is 10. The van der Waals surface area contributed by atoms with Gasteiger partial charge in [0.1, 0.15) is 23.7 Å². The van der Waals surface area contributed by atoms with E-state index in [2.05, 4.69) is 33.7 Å². The van der Waals surface area contributed by atoms with Crippen molar-refractivity contribution < 1.29 is 42.2 Å². The number of ether oxygens (including phenoxy) is 3. The maximum absolute atomic E-state index is 16.8. The third-order valence-corrected chi connectivity index (χ3v) is 17.7. The van der Waals surface area contributed by atoms with Crippen LogP contribution in [0.3, 0.4) is 0 Å². The Labute approximate surface area is 394 Å². The zero-order valence-corrected chi connectivity index (χ0v) is 40.2. The van der Waals surface area contributed by atoms with Crippen LogP contribution in [-0.2, 0) is 29.7 Å². The number of aromatic amines is 2. The van der Waals surface area contributed by atoms with E-state index in [-0.39, 0.29) is 58.8 Å². The monoisotopic (exact) mass is 948 g/mol. The molecule has 0 radical (unpaired) electrons. The third-order valence-electron chi connectivity index (χ3n) is 15.0. The zero-order valence-electron chi connectivity index (χ0n) is 39.2. The summed E-state index contributed by atoms with van der Waals surface area (Å²) in [6.45, 7) is 9.24. The van der Waals surface area contributed by atoms with Gasteiger partial charge < -0.3 is 44.6 Å². The van der Waals surface area contributed by atoms with Gasteiger partial charge in [-0.05, 0) is 102 Å². The number of piperidine rings is 1. The number of methoxy groups -OCH3 is 2. The minimum Gasteiger partial charge on any atom is -0.453 e. The standard InChI is InChI=1S/C50H58F2N8O7Si/c1-26(2)41(57-48(63)65-3)47(62)60-32-11-7-31(19-32)43(60)45-54-37-14-10-29(22-38(37)55-45)28-8-12-33-34-13-9-30(21-36(34)50(51,52)35(33)20-28)39-23-53-44(56-39)40-24-68(5,6)25-59(40)46(61)42(58-49(64)66-4)27-15-17-67-18-16-27/h8-10,12-14,20-23,26-27,31-32,40-43H,7,11,15-19,24-25H2,1-6H3,(H,53,56)(H,54,55)(H,57,63)(H,58,64)/t31-,32+,40-,41-,42-,43-/m0/s1. The number of fused-ring (bicyclic) bond motifs is 6. The highest BCUT2D eigenvalue weighted by molar-refractivity contribution is 6.78. The first-order valence-corrected chi connectivity index (χ1v) is 27.1. The number of benzene rings is 3. The van der Waals surface area contributed by atoms with Gasteiger partial charge in [-0.2, -0.15) is 8.78 Å². The minimum absolute atomic E-state index is 0.0426. The van der Waals surface area contributed by atoms with Crippen molar-refractivity contribution in [2.75, 3.05) is 33.6 Å². The van der Waals surface area contributed by atoms with Crippen molar-refractivity contribution in [2.24, 2.45) is 17.8 Å². The Bertz CT molecular complexity index is 2810. The average Bonchev–Trinajstić information content (AvgIpc) is 4.21. The summed E-state index contributed by atoms with van der Waals surface area (Å²) in [5.41, 5.74) is 4.64. The lowest BCUT2D eigenvalue weighted by Gasteiger charge is -2.37. The second-order valence-corrected chi connectivity index (χ2v) is 25.4. The van der Waals surface area contributed by atoms with Crippen molar-refractivity contribution in [1.29, 1.82) is 0 Å². The molecule has 68 heavy (non-hydrogen) atoms. The van der Waals surface area contributed by atoms with Crippen molar-refractivity contribution in [3.63, 3.8) is 0 Å². The molecule has 3 aliphatic heterocycles. The summed E-state index contributed by atoms with van der Waals surface area (Å²) < 4.78 is 48.8. The first-order chi connectivity index (χ1) is 32.5. The van der Waals surface area contributed by atoms with E-state index in [1.165, 1.54) is 20.3 Å². The number of amides is 4. The Morgan fingerprint density at radius 1 is 0.838 bits per heavy atom. The van der Waals surface area contributed by atoms with E-state index in [0.717, 1.165) is 36.4 Å². The highest BCUT2D eigenvalue weighted by atomic mass is 28.3. The number of hydrogen-bond donors (Lipinski definition) is 4. The predicted molar refractivity (Wildman–Crippen MR) is 252 cm³/mol. The van der Waals surface area contributed by atoms with Crippen LogP contribution in [0, 0.1) is 17.8 Å². The predicted octanol–water partition coefficient (Wildman–Crippen LogP) is 8.46. The number of halogens is 2. The molecular formula is C50H58F2N8O7Si. The van der Waals surface area contributed by atoms with Gasteiger partial charge in [-0.15, -0.1) is 0 Å². The van der Waals surface area contributed by atoms with Gasteiger partial charge in [0.05, 0.1) is 57.3 Å². The van der Waals surface area contributed by atoms with Crippen LogP contribution in [0.2, 0.25) is 19.1 Å². The minimum atomic E-state index is -3.30. The molecule has 10 rings (SSSR count). The van der Waals surface area contributed by atoms with E-state index in [0.29, 0.717) is 77.3 Å². The fourth-order valence-electron chi connectivity index (χ4n) is 11.6. The van der Waals surface area contributed by atoms with E-state index < -0.39 is 38.3 Å². The number of likely N-dealkylation sites (tertiary alicyclic amines) is 1. The summed E-state index contributed by atoms with van der Waals surface area (Å²) in [4.78, 5) is 73.5. The molecule has 5 aliphatic rings. The van der Waals surface area contributed by atoms with E-state index in [1.807, 2.05) is 54.0 Å². The summed E-state index contributed by atoms with van der Waals surface area (Å²) in [7, 11) is 0.640. The Balaban J connectivity index is 0.892. The number of nitrogens with one attached hydrogen (secondary N) is 4. The Kier molecular flexibility index (Phi) is 11.7. The van der Waals surface area contributed by atoms with Gasteiger partial charge in [-0.1, -0.05) is 57.3 Å². The van der Waals surface area contributed by atoms with Crippen molar-refractivity contribution in [3.8, 4) is 33.5 Å². The second kappa shape index (κ2) is 17.4.